The zero-order valence-electron chi connectivity index (χ0n) is 14.1. The Morgan fingerprint density at radius 1 is 0.885 bits per heavy atom. The summed E-state index contributed by atoms with van der Waals surface area (Å²) in [7, 11) is 0. The van der Waals surface area contributed by atoms with Gasteiger partial charge in [-0.3, -0.25) is 4.79 Å². The highest BCUT2D eigenvalue weighted by Gasteiger charge is 2.15. The molecule has 0 aliphatic heterocycles. The molecule has 5 heteroatoms. The van der Waals surface area contributed by atoms with Crippen LogP contribution >= 0.6 is 0 Å². The van der Waals surface area contributed by atoms with Crippen molar-refractivity contribution in [2.24, 2.45) is 0 Å². The van der Waals surface area contributed by atoms with E-state index in [1.165, 1.54) is 12.1 Å². The Hall–Kier alpha value is -3.60. The summed E-state index contributed by atoms with van der Waals surface area (Å²) in [4.78, 5) is 23.9. The van der Waals surface area contributed by atoms with E-state index in [2.05, 4.69) is 5.32 Å². The summed E-state index contributed by atoms with van der Waals surface area (Å²) >= 11 is 0. The van der Waals surface area contributed by atoms with Gasteiger partial charge in [0, 0.05) is 11.6 Å². The number of carboxylic acids is 1. The Kier molecular flexibility index (Phi) is 4.99. The number of para-hydroxylation sites is 1. The molecule has 3 aromatic carbocycles. The number of carbonyl (C=O) groups excluding carboxylic acids is 1. The van der Waals surface area contributed by atoms with E-state index in [1.807, 2.05) is 37.3 Å². The Morgan fingerprint density at radius 2 is 1.58 bits per heavy atom. The summed E-state index contributed by atoms with van der Waals surface area (Å²) < 4.78 is 5.71. The van der Waals surface area contributed by atoms with Crippen LogP contribution in [-0.2, 0) is 0 Å². The first-order valence-corrected chi connectivity index (χ1v) is 8.01. The van der Waals surface area contributed by atoms with Gasteiger partial charge in [0.15, 0.2) is 0 Å². The van der Waals surface area contributed by atoms with Gasteiger partial charge in [-0.15, -0.1) is 0 Å². The molecule has 0 unspecified atom stereocenters. The molecule has 0 aliphatic rings. The van der Waals surface area contributed by atoms with Crippen LogP contribution < -0.4 is 10.1 Å². The number of aryl methyl sites for hydroxylation is 1. The van der Waals surface area contributed by atoms with E-state index in [-0.39, 0.29) is 17.2 Å². The number of carboxylic acid groups (broad SMARTS) is 1. The van der Waals surface area contributed by atoms with E-state index in [1.54, 1.807) is 30.3 Å². The molecule has 0 atom stereocenters. The zero-order chi connectivity index (χ0) is 18.5. The lowest BCUT2D eigenvalue weighted by molar-refractivity contribution is 0.0698. The second-order valence-corrected chi connectivity index (χ2v) is 5.75. The van der Waals surface area contributed by atoms with Crippen LogP contribution in [-0.4, -0.2) is 17.0 Å². The van der Waals surface area contributed by atoms with Crippen LogP contribution in [0.15, 0.2) is 72.8 Å². The number of anilines is 1. The highest BCUT2D eigenvalue weighted by atomic mass is 16.5. The second-order valence-electron chi connectivity index (χ2n) is 5.75. The molecule has 0 spiro atoms. The fourth-order valence-electron chi connectivity index (χ4n) is 2.40. The zero-order valence-corrected chi connectivity index (χ0v) is 14.1. The molecular weight excluding hydrogens is 330 g/mol. The van der Waals surface area contributed by atoms with E-state index in [0.717, 1.165) is 5.56 Å². The van der Waals surface area contributed by atoms with Crippen molar-refractivity contribution in [2.75, 3.05) is 5.32 Å². The van der Waals surface area contributed by atoms with E-state index in [9.17, 15) is 14.7 Å². The fourth-order valence-corrected chi connectivity index (χ4v) is 2.40. The molecule has 0 saturated carbocycles. The summed E-state index contributed by atoms with van der Waals surface area (Å²) in [6, 6.07) is 20.6. The molecule has 1 amide bonds. The molecule has 3 aromatic rings. The average molecular weight is 347 g/mol. The summed E-state index contributed by atoms with van der Waals surface area (Å²) in [6.07, 6.45) is 0. The van der Waals surface area contributed by atoms with Crippen LogP contribution in [0, 0.1) is 6.92 Å². The van der Waals surface area contributed by atoms with E-state index < -0.39 is 5.97 Å². The molecule has 2 N–H and O–H groups in total. The number of rotatable bonds is 5. The van der Waals surface area contributed by atoms with Crippen molar-refractivity contribution in [1.82, 2.24) is 0 Å². The number of carbonyl (C=O) groups is 2. The van der Waals surface area contributed by atoms with Gasteiger partial charge in [0.25, 0.3) is 5.91 Å². The monoisotopic (exact) mass is 347 g/mol. The molecule has 0 bridgehead atoms. The van der Waals surface area contributed by atoms with Gasteiger partial charge in [0.05, 0.1) is 11.3 Å². The van der Waals surface area contributed by atoms with Crippen LogP contribution in [0.2, 0.25) is 0 Å². The Balaban J connectivity index is 1.88. The molecule has 0 saturated heterocycles. The molecule has 26 heavy (non-hydrogen) atoms. The van der Waals surface area contributed by atoms with Crippen LogP contribution in [0.4, 0.5) is 5.69 Å². The third-order valence-corrected chi connectivity index (χ3v) is 3.76. The highest BCUT2D eigenvalue weighted by molar-refractivity contribution is 6.07. The molecule has 0 aliphatic carbocycles. The minimum atomic E-state index is -1.13. The van der Waals surface area contributed by atoms with Crippen molar-refractivity contribution in [3.05, 3.63) is 89.5 Å². The normalized spacial score (nSPS) is 10.2. The first kappa shape index (κ1) is 17.2. The highest BCUT2D eigenvalue weighted by Crippen LogP contribution is 2.27. The van der Waals surface area contributed by atoms with Gasteiger partial charge in [-0.25, -0.2) is 4.79 Å². The first-order chi connectivity index (χ1) is 12.5. The van der Waals surface area contributed by atoms with E-state index in [4.69, 9.17) is 4.74 Å². The quantitative estimate of drug-likeness (QED) is 0.699. The van der Waals surface area contributed by atoms with Crippen LogP contribution in [0.5, 0.6) is 11.5 Å². The average Bonchev–Trinajstić information content (AvgIpc) is 2.63. The first-order valence-electron chi connectivity index (χ1n) is 8.01. The van der Waals surface area contributed by atoms with Gasteiger partial charge < -0.3 is 15.2 Å². The van der Waals surface area contributed by atoms with Crippen molar-refractivity contribution in [1.29, 1.82) is 0 Å². The summed E-state index contributed by atoms with van der Waals surface area (Å²) in [5.74, 6) is -0.466. The van der Waals surface area contributed by atoms with Crippen molar-refractivity contribution in [3.63, 3.8) is 0 Å². The SMILES string of the molecule is Cc1ccc(C(=O)Nc2cc(Oc3ccccc3)ccc2C(=O)O)cc1. The predicted octanol–water partition coefficient (Wildman–Crippen LogP) is 4.74. The molecule has 0 fully saturated rings. The second kappa shape index (κ2) is 7.53. The Labute approximate surface area is 150 Å². The lowest BCUT2D eigenvalue weighted by Crippen LogP contribution is -2.14. The Bertz CT molecular complexity index is 934. The molecule has 5 nitrogen and oxygen atoms in total. The number of amides is 1. The van der Waals surface area contributed by atoms with Crippen molar-refractivity contribution < 1.29 is 19.4 Å². The van der Waals surface area contributed by atoms with E-state index >= 15 is 0 Å². The molecular formula is C21H17NO4. The minimum Gasteiger partial charge on any atom is -0.478 e. The van der Waals surface area contributed by atoms with Gasteiger partial charge in [-0.2, -0.15) is 0 Å². The number of hydrogen-bond acceptors (Lipinski definition) is 3. The van der Waals surface area contributed by atoms with Gasteiger partial charge in [0.1, 0.15) is 11.5 Å². The molecule has 0 radical (unpaired) electrons. The van der Waals surface area contributed by atoms with Crippen molar-refractivity contribution in [3.8, 4) is 11.5 Å². The third-order valence-electron chi connectivity index (χ3n) is 3.76. The smallest absolute Gasteiger partial charge is 0.337 e. The number of benzene rings is 3. The standard InChI is InChI=1S/C21H17NO4/c1-14-7-9-15(10-8-14)20(23)22-19-13-17(11-12-18(19)21(24)25)26-16-5-3-2-4-6-16/h2-13H,1H3,(H,22,23)(H,24,25). The number of ether oxygens (including phenoxy) is 1. The topological polar surface area (TPSA) is 75.6 Å². The fraction of sp³-hybridized carbons (Fsp3) is 0.0476. The molecule has 130 valence electrons. The maximum absolute atomic E-state index is 12.4. The summed E-state index contributed by atoms with van der Waals surface area (Å²) in [6.45, 7) is 1.93. The minimum absolute atomic E-state index is 0.00845. The van der Waals surface area contributed by atoms with Crippen molar-refractivity contribution in [2.45, 2.75) is 6.92 Å². The molecule has 0 heterocycles. The van der Waals surface area contributed by atoms with Crippen LogP contribution in [0.25, 0.3) is 0 Å². The predicted molar refractivity (Wildman–Crippen MR) is 99.0 cm³/mol. The molecule has 0 aromatic heterocycles. The van der Waals surface area contributed by atoms with Gasteiger partial charge in [0.2, 0.25) is 0 Å². The number of nitrogens with one attached hydrogen (secondary N) is 1. The number of hydrogen-bond donors (Lipinski definition) is 2. The van der Waals surface area contributed by atoms with Gasteiger partial charge >= 0.3 is 5.97 Å². The van der Waals surface area contributed by atoms with Gasteiger partial charge in [-0.05, 0) is 43.3 Å². The largest absolute Gasteiger partial charge is 0.478 e. The maximum Gasteiger partial charge on any atom is 0.337 e. The van der Waals surface area contributed by atoms with E-state index in [0.29, 0.717) is 17.1 Å². The third kappa shape index (κ3) is 4.08. The number of aromatic carboxylic acids is 1. The van der Waals surface area contributed by atoms with Gasteiger partial charge in [-0.1, -0.05) is 35.9 Å². The lowest BCUT2D eigenvalue weighted by atomic mass is 10.1. The van der Waals surface area contributed by atoms with Crippen molar-refractivity contribution >= 4 is 17.6 Å². The maximum atomic E-state index is 12.4. The van der Waals surface area contributed by atoms with Crippen LogP contribution in [0.1, 0.15) is 26.3 Å². The molecule has 3 rings (SSSR count). The van der Waals surface area contributed by atoms with Crippen LogP contribution in [0.3, 0.4) is 0 Å². The summed E-state index contributed by atoms with van der Waals surface area (Å²) in [5, 5.41) is 12.0. The lowest BCUT2D eigenvalue weighted by Gasteiger charge is -2.12. The Morgan fingerprint density at radius 3 is 2.23 bits per heavy atom. The summed E-state index contributed by atoms with van der Waals surface area (Å²) in [5.41, 5.74) is 1.65.